The average Bonchev–Trinajstić information content (AvgIpc) is 2.58. The Balaban J connectivity index is 2.02. The lowest BCUT2D eigenvalue weighted by Crippen LogP contribution is -2.31. The second kappa shape index (κ2) is 6.64. The van der Waals surface area contributed by atoms with Crippen LogP contribution in [-0.4, -0.2) is 26.1 Å². The quantitative estimate of drug-likeness (QED) is 0.589. The molecular weight excluding hydrogens is 364 g/mol. The van der Waals surface area contributed by atoms with E-state index in [1.165, 1.54) is 17.2 Å². The van der Waals surface area contributed by atoms with Crippen molar-refractivity contribution in [3.63, 3.8) is 0 Å². The van der Waals surface area contributed by atoms with Crippen molar-refractivity contribution in [1.82, 2.24) is 0 Å². The summed E-state index contributed by atoms with van der Waals surface area (Å²) in [5.74, 6) is 0. The molecule has 1 aliphatic rings. The molecule has 144 valence electrons. The van der Waals surface area contributed by atoms with E-state index in [0.29, 0.717) is 18.8 Å². The molecule has 0 amide bonds. The van der Waals surface area contributed by atoms with E-state index >= 15 is 0 Å². The first kappa shape index (κ1) is 19.4. The van der Waals surface area contributed by atoms with Crippen LogP contribution in [0, 0.1) is 10.1 Å². The number of hydrogen-bond acceptors (Lipinski definition) is 5. The smallest absolute Gasteiger partial charge is 0.311 e. The fourth-order valence-corrected chi connectivity index (χ4v) is 4.33. The molecule has 3 rings (SSSR count). The lowest BCUT2D eigenvalue weighted by atomic mass is 9.84. The molecule has 0 aliphatic carbocycles. The minimum Gasteiger partial charge on any atom is -0.361 e. The van der Waals surface area contributed by atoms with Crippen LogP contribution < -0.4 is 4.90 Å². The number of nitrogens with zero attached hydrogens (tertiary/aromatic N) is 2. The second-order valence-electron chi connectivity index (χ2n) is 8.06. The Hall–Kier alpha value is -2.41. The van der Waals surface area contributed by atoms with Gasteiger partial charge in [0.25, 0.3) is 0 Å². The van der Waals surface area contributed by atoms with E-state index in [1.54, 1.807) is 12.1 Å². The molecular formula is C20H24N2O4S. The molecule has 1 aliphatic heterocycles. The number of nitro benzene ring substituents is 1. The molecule has 0 atom stereocenters. The van der Waals surface area contributed by atoms with Gasteiger partial charge in [0, 0.05) is 19.3 Å². The Morgan fingerprint density at radius 1 is 1.11 bits per heavy atom. The molecule has 0 spiro atoms. The zero-order valence-corrected chi connectivity index (χ0v) is 16.8. The molecule has 7 heteroatoms. The maximum atomic E-state index is 12.0. The SMILES string of the molecule is CC(C)(C)c1ccc2c(c1)CCN(c1cccc(S(C)(=O)=O)c1[N+](=O)[O-])C2. The van der Waals surface area contributed by atoms with Gasteiger partial charge in [0.15, 0.2) is 9.84 Å². The molecule has 0 fully saturated rings. The third kappa shape index (κ3) is 3.83. The molecule has 0 unspecified atom stereocenters. The first-order valence-corrected chi connectivity index (χ1v) is 10.7. The van der Waals surface area contributed by atoms with Gasteiger partial charge in [-0.15, -0.1) is 0 Å². The number of hydrogen-bond donors (Lipinski definition) is 0. The van der Waals surface area contributed by atoms with E-state index in [1.807, 2.05) is 4.90 Å². The largest absolute Gasteiger partial charge is 0.361 e. The summed E-state index contributed by atoms with van der Waals surface area (Å²) in [4.78, 5) is 12.7. The maximum absolute atomic E-state index is 12.0. The number of benzene rings is 2. The fraction of sp³-hybridized carbons (Fsp3) is 0.400. The second-order valence-corrected chi connectivity index (χ2v) is 10.0. The number of nitro groups is 1. The van der Waals surface area contributed by atoms with Crippen LogP contribution in [0.5, 0.6) is 0 Å². The van der Waals surface area contributed by atoms with Crippen LogP contribution in [0.2, 0.25) is 0 Å². The van der Waals surface area contributed by atoms with Gasteiger partial charge in [0.1, 0.15) is 10.6 Å². The van der Waals surface area contributed by atoms with Gasteiger partial charge < -0.3 is 4.90 Å². The Labute approximate surface area is 159 Å². The number of sulfone groups is 1. The van der Waals surface area contributed by atoms with E-state index in [9.17, 15) is 18.5 Å². The summed E-state index contributed by atoms with van der Waals surface area (Å²) in [6.45, 7) is 7.64. The summed E-state index contributed by atoms with van der Waals surface area (Å²) < 4.78 is 24.0. The van der Waals surface area contributed by atoms with Crippen molar-refractivity contribution in [2.75, 3.05) is 17.7 Å². The molecule has 0 bridgehead atoms. The number of para-hydroxylation sites is 1. The normalized spacial score (nSPS) is 14.7. The van der Waals surface area contributed by atoms with Crippen molar-refractivity contribution >= 4 is 21.2 Å². The molecule has 27 heavy (non-hydrogen) atoms. The van der Waals surface area contributed by atoms with Crippen LogP contribution in [0.4, 0.5) is 11.4 Å². The Kier molecular flexibility index (Phi) is 4.76. The summed E-state index contributed by atoms with van der Waals surface area (Å²) in [7, 11) is -3.69. The Bertz CT molecular complexity index is 1010. The maximum Gasteiger partial charge on any atom is 0.311 e. The lowest BCUT2D eigenvalue weighted by Gasteiger charge is -2.32. The van der Waals surface area contributed by atoms with E-state index in [0.717, 1.165) is 18.2 Å². The zero-order valence-electron chi connectivity index (χ0n) is 16.0. The van der Waals surface area contributed by atoms with Crippen LogP contribution in [0.25, 0.3) is 0 Å². The van der Waals surface area contributed by atoms with Gasteiger partial charge in [-0.1, -0.05) is 45.0 Å². The highest BCUT2D eigenvalue weighted by atomic mass is 32.2. The van der Waals surface area contributed by atoms with Crippen molar-refractivity contribution in [3.05, 3.63) is 63.2 Å². The van der Waals surface area contributed by atoms with Crippen LogP contribution in [-0.2, 0) is 28.2 Å². The predicted molar refractivity (Wildman–Crippen MR) is 106 cm³/mol. The van der Waals surface area contributed by atoms with Gasteiger partial charge in [0.2, 0.25) is 0 Å². The van der Waals surface area contributed by atoms with Gasteiger partial charge in [-0.25, -0.2) is 8.42 Å². The predicted octanol–water partition coefficient (Wildman–Crippen LogP) is 3.86. The van der Waals surface area contributed by atoms with E-state index in [-0.39, 0.29) is 16.0 Å². The first-order valence-electron chi connectivity index (χ1n) is 8.83. The fourth-order valence-electron chi connectivity index (χ4n) is 3.47. The molecule has 0 saturated heterocycles. The van der Waals surface area contributed by atoms with Crippen molar-refractivity contribution in [2.45, 2.75) is 44.0 Å². The average molecular weight is 388 g/mol. The van der Waals surface area contributed by atoms with Gasteiger partial charge >= 0.3 is 5.69 Å². The summed E-state index contributed by atoms with van der Waals surface area (Å²) in [6, 6.07) is 10.9. The topological polar surface area (TPSA) is 80.5 Å². The molecule has 1 heterocycles. The summed E-state index contributed by atoms with van der Waals surface area (Å²) in [6.07, 6.45) is 1.76. The highest BCUT2D eigenvalue weighted by molar-refractivity contribution is 7.90. The molecule has 0 saturated carbocycles. The molecule has 2 aromatic rings. The van der Waals surface area contributed by atoms with E-state index < -0.39 is 14.8 Å². The molecule has 2 aromatic carbocycles. The highest BCUT2D eigenvalue weighted by Gasteiger charge is 2.30. The number of fused-ring (bicyclic) bond motifs is 1. The third-order valence-corrected chi connectivity index (χ3v) is 6.11. The minimum atomic E-state index is -3.69. The summed E-state index contributed by atoms with van der Waals surface area (Å²) in [5, 5.41) is 11.6. The summed E-state index contributed by atoms with van der Waals surface area (Å²) in [5.41, 5.74) is 3.71. The standard InChI is InChI=1S/C20H24N2O4S/c1-20(2,3)16-9-8-15-13-21(11-10-14(15)12-16)17-6-5-7-18(27(4,25)26)19(17)22(23)24/h5-9,12H,10-11,13H2,1-4H3. The van der Waals surface area contributed by atoms with Gasteiger partial charge in [0.05, 0.1) is 4.92 Å². The van der Waals surface area contributed by atoms with Crippen molar-refractivity contribution < 1.29 is 13.3 Å². The van der Waals surface area contributed by atoms with E-state index in [2.05, 4.69) is 39.0 Å². The molecule has 0 N–H and O–H groups in total. The lowest BCUT2D eigenvalue weighted by molar-refractivity contribution is -0.387. The molecule has 0 radical (unpaired) electrons. The van der Waals surface area contributed by atoms with Gasteiger partial charge in [-0.05, 0) is 40.7 Å². The minimum absolute atomic E-state index is 0.0643. The monoisotopic (exact) mass is 388 g/mol. The van der Waals surface area contributed by atoms with Crippen molar-refractivity contribution in [2.24, 2.45) is 0 Å². The van der Waals surface area contributed by atoms with Gasteiger partial charge in [-0.3, -0.25) is 10.1 Å². The Morgan fingerprint density at radius 3 is 2.41 bits per heavy atom. The number of anilines is 1. The van der Waals surface area contributed by atoms with Crippen LogP contribution >= 0.6 is 0 Å². The molecule has 6 nitrogen and oxygen atoms in total. The molecule has 0 aromatic heterocycles. The highest BCUT2D eigenvalue weighted by Crippen LogP contribution is 2.37. The van der Waals surface area contributed by atoms with Crippen molar-refractivity contribution in [1.29, 1.82) is 0 Å². The van der Waals surface area contributed by atoms with Gasteiger partial charge in [-0.2, -0.15) is 0 Å². The van der Waals surface area contributed by atoms with E-state index in [4.69, 9.17) is 0 Å². The summed E-state index contributed by atoms with van der Waals surface area (Å²) >= 11 is 0. The number of rotatable bonds is 3. The third-order valence-electron chi connectivity index (χ3n) is 4.98. The first-order chi connectivity index (χ1) is 12.5. The zero-order chi connectivity index (χ0) is 20.0. The van der Waals surface area contributed by atoms with Crippen molar-refractivity contribution in [3.8, 4) is 0 Å². The van der Waals surface area contributed by atoms with Crippen LogP contribution in [0.1, 0.15) is 37.5 Å². The Morgan fingerprint density at radius 2 is 1.81 bits per heavy atom. The van der Waals surface area contributed by atoms with Crippen LogP contribution in [0.3, 0.4) is 0 Å². The van der Waals surface area contributed by atoms with Crippen LogP contribution in [0.15, 0.2) is 41.3 Å².